The molecule has 1 aromatic carbocycles. The van der Waals surface area contributed by atoms with Gasteiger partial charge in [-0.1, -0.05) is 46.9 Å². The maximum Gasteiger partial charge on any atom is 0.408 e. The average molecular weight is 303 g/mol. The second kappa shape index (κ2) is 3.76. The van der Waals surface area contributed by atoms with Gasteiger partial charge in [0.05, 0.1) is 0 Å². The normalized spacial score (nSPS) is 20.4. The molecular formula is C10H10INO2. The quantitative estimate of drug-likeness (QED) is 0.455. The molecule has 1 amide bonds. The zero-order valence-electron chi connectivity index (χ0n) is 7.48. The van der Waals surface area contributed by atoms with Crippen LogP contribution < -0.4 is 0 Å². The Hall–Kier alpha value is -0.780. The molecular weight excluding hydrogens is 293 g/mol. The van der Waals surface area contributed by atoms with Crippen molar-refractivity contribution in [3.63, 3.8) is 0 Å². The highest BCUT2D eigenvalue weighted by Crippen LogP contribution is 2.34. The van der Waals surface area contributed by atoms with Gasteiger partial charge in [0.1, 0.15) is 4.05 Å². The third-order valence-corrected chi connectivity index (χ3v) is 3.80. The van der Waals surface area contributed by atoms with Gasteiger partial charge in [0.15, 0.2) is 0 Å². The number of amides is 1. The van der Waals surface area contributed by atoms with Crippen molar-refractivity contribution in [2.75, 3.05) is 6.54 Å². The van der Waals surface area contributed by atoms with Crippen LogP contribution in [-0.4, -0.2) is 22.6 Å². The van der Waals surface area contributed by atoms with E-state index in [0.29, 0.717) is 6.54 Å². The van der Waals surface area contributed by atoms with Crippen molar-refractivity contribution in [2.24, 2.45) is 0 Å². The highest BCUT2D eigenvalue weighted by Gasteiger charge is 2.27. The van der Waals surface area contributed by atoms with Crippen LogP contribution in [0.25, 0.3) is 0 Å². The van der Waals surface area contributed by atoms with Crippen molar-refractivity contribution < 1.29 is 9.90 Å². The average Bonchev–Trinajstić information content (AvgIpc) is 2.18. The largest absolute Gasteiger partial charge is 0.465 e. The van der Waals surface area contributed by atoms with Gasteiger partial charge in [0, 0.05) is 6.54 Å². The van der Waals surface area contributed by atoms with E-state index in [9.17, 15) is 4.79 Å². The molecule has 74 valence electrons. The Morgan fingerprint density at radius 3 is 2.93 bits per heavy atom. The molecule has 0 saturated heterocycles. The molecule has 1 aromatic rings. The van der Waals surface area contributed by atoms with E-state index in [1.807, 2.05) is 18.2 Å². The van der Waals surface area contributed by atoms with E-state index in [-0.39, 0.29) is 4.05 Å². The van der Waals surface area contributed by atoms with E-state index in [0.717, 1.165) is 12.0 Å². The fraction of sp³-hybridized carbons (Fsp3) is 0.300. The van der Waals surface area contributed by atoms with Crippen molar-refractivity contribution in [2.45, 2.75) is 10.5 Å². The predicted octanol–water partition coefficient (Wildman–Crippen LogP) is 2.66. The lowest BCUT2D eigenvalue weighted by Crippen LogP contribution is -2.36. The Kier molecular flexibility index (Phi) is 2.62. The molecule has 0 saturated carbocycles. The lowest BCUT2D eigenvalue weighted by molar-refractivity contribution is 0.140. The Morgan fingerprint density at radius 1 is 1.50 bits per heavy atom. The molecule has 0 aliphatic carbocycles. The fourth-order valence-electron chi connectivity index (χ4n) is 1.71. The highest BCUT2D eigenvalue weighted by atomic mass is 127. The van der Waals surface area contributed by atoms with Crippen LogP contribution in [0.15, 0.2) is 24.3 Å². The fourth-order valence-corrected chi connectivity index (χ4v) is 2.83. The molecule has 1 N–H and O–H groups in total. The standard InChI is InChI=1S/C10H10INO2/c11-9-8-4-2-1-3-7(8)5-6-12(9)10(13)14/h1-4,9H,5-6H2,(H,13,14). The molecule has 0 aromatic heterocycles. The Balaban J connectivity index is 2.36. The number of benzene rings is 1. The molecule has 14 heavy (non-hydrogen) atoms. The monoisotopic (exact) mass is 303 g/mol. The maximum atomic E-state index is 10.9. The van der Waals surface area contributed by atoms with Crippen LogP contribution in [-0.2, 0) is 6.42 Å². The van der Waals surface area contributed by atoms with Crippen molar-refractivity contribution in [3.05, 3.63) is 35.4 Å². The topological polar surface area (TPSA) is 40.5 Å². The molecule has 1 heterocycles. The van der Waals surface area contributed by atoms with Gasteiger partial charge in [-0.3, -0.25) is 4.90 Å². The molecule has 1 atom stereocenters. The van der Waals surface area contributed by atoms with Crippen molar-refractivity contribution in [1.29, 1.82) is 0 Å². The van der Waals surface area contributed by atoms with E-state index in [2.05, 4.69) is 28.7 Å². The van der Waals surface area contributed by atoms with Crippen LogP contribution in [0.1, 0.15) is 15.2 Å². The van der Waals surface area contributed by atoms with Gasteiger partial charge in [-0.05, 0) is 17.5 Å². The van der Waals surface area contributed by atoms with Crippen LogP contribution in [0.3, 0.4) is 0 Å². The lowest BCUT2D eigenvalue weighted by Gasteiger charge is -2.31. The molecule has 1 unspecified atom stereocenters. The zero-order valence-corrected chi connectivity index (χ0v) is 9.64. The van der Waals surface area contributed by atoms with E-state index in [1.165, 1.54) is 10.5 Å². The minimum atomic E-state index is -0.834. The van der Waals surface area contributed by atoms with Gasteiger partial charge in [-0.15, -0.1) is 0 Å². The van der Waals surface area contributed by atoms with E-state index >= 15 is 0 Å². The van der Waals surface area contributed by atoms with Crippen LogP contribution >= 0.6 is 22.6 Å². The van der Waals surface area contributed by atoms with Gasteiger partial charge < -0.3 is 5.11 Å². The first kappa shape index (κ1) is 9.76. The second-order valence-corrected chi connectivity index (χ2v) is 4.44. The minimum absolute atomic E-state index is 0.0463. The third kappa shape index (κ3) is 1.58. The number of nitrogens with zero attached hydrogens (tertiary/aromatic N) is 1. The summed E-state index contributed by atoms with van der Waals surface area (Å²) in [5.41, 5.74) is 2.39. The van der Waals surface area contributed by atoms with Crippen LogP contribution in [0.2, 0.25) is 0 Å². The molecule has 1 aliphatic heterocycles. The molecule has 1 aliphatic rings. The summed E-state index contributed by atoms with van der Waals surface area (Å²) < 4.78 is -0.0463. The molecule has 0 bridgehead atoms. The van der Waals surface area contributed by atoms with Gasteiger partial charge in [-0.2, -0.15) is 0 Å². The van der Waals surface area contributed by atoms with E-state index in [1.54, 1.807) is 0 Å². The molecule has 0 spiro atoms. The van der Waals surface area contributed by atoms with Crippen LogP contribution in [0, 0.1) is 0 Å². The minimum Gasteiger partial charge on any atom is -0.465 e. The lowest BCUT2D eigenvalue weighted by atomic mass is 10.0. The molecule has 0 fully saturated rings. The second-order valence-electron chi connectivity index (χ2n) is 3.26. The number of hydrogen-bond acceptors (Lipinski definition) is 1. The summed E-state index contributed by atoms with van der Waals surface area (Å²) in [5, 5.41) is 8.96. The van der Waals surface area contributed by atoms with Crippen molar-refractivity contribution in [1.82, 2.24) is 4.90 Å². The van der Waals surface area contributed by atoms with E-state index in [4.69, 9.17) is 5.11 Å². The number of carbonyl (C=O) groups is 1. The molecule has 4 heteroatoms. The SMILES string of the molecule is O=C(O)N1CCc2ccccc2C1I. The van der Waals surface area contributed by atoms with Crippen molar-refractivity contribution >= 4 is 28.7 Å². The first-order chi connectivity index (χ1) is 6.70. The first-order valence-corrected chi connectivity index (χ1v) is 5.66. The summed E-state index contributed by atoms with van der Waals surface area (Å²) in [6.45, 7) is 0.597. The van der Waals surface area contributed by atoms with Gasteiger partial charge >= 0.3 is 6.09 Å². The summed E-state index contributed by atoms with van der Waals surface area (Å²) in [4.78, 5) is 12.4. The molecule has 0 radical (unpaired) electrons. The number of hydrogen-bond donors (Lipinski definition) is 1. The number of alkyl halides is 1. The number of fused-ring (bicyclic) bond motifs is 1. The predicted molar refractivity (Wildman–Crippen MR) is 61.6 cm³/mol. The number of halogens is 1. The molecule has 2 rings (SSSR count). The smallest absolute Gasteiger partial charge is 0.408 e. The summed E-state index contributed by atoms with van der Waals surface area (Å²) >= 11 is 2.17. The number of carboxylic acid groups (broad SMARTS) is 1. The van der Waals surface area contributed by atoms with Crippen LogP contribution in [0.4, 0.5) is 4.79 Å². The number of rotatable bonds is 0. The summed E-state index contributed by atoms with van der Waals surface area (Å²) in [6.07, 6.45) is -0.0129. The molecule has 3 nitrogen and oxygen atoms in total. The zero-order chi connectivity index (χ0) is 10.1. The summed E-state index contributed by atoms with van der Waals surface area (Å²) in [5.74, 6) is 0. The summed E-state index contributed by atoms with van der Waals surface area (Å²) in [6, 6.07) is 8.02. The first-order valence-electron chi connectivity index (χ1n) is 4.41. The summed E-state index contributed by atoms with van der Waals surface area (Å²) in [7, 11) is 0. The Bertz CT molecular complexity index is 367. The van der Waals surface area contributed by atoms with Gasteiger partial charge in [0.25, 0.3) is 0 Å². The van der Waals surface area contributed by atoms with Gasteiger partial charge in [0.2, 0.25) is 0 Å². The van der Waals surface area contributed by atoms with Crippen molar-refractivity contribution in [3.8, 4) is 0 Å². The van der Waals surface area contributed by atoms with Crippen LogP contribution in [0.5, 0.6) is 0 Å². The highest BCUT2D eigenvalue weighted by molar-refractivity contribution is 14.1. The Labute approximate surface area is 95.9 Å². The third-order valence-electron chi connectivity index (χ3n) is 2.45. The Morgan fingerprint density at radius 2 is 2.21 bits per heavy atom. The van der Waals surface area contributed by atoms with Gasteiger partial charge in [-0.25, -0.2) is 4.79 Å². The maximum absolute atomic E-state index is 10.9. The van der Waals surface area contributed by atoms with E-state index < -0.39 is 6.09 Å².